The van der Waals surface area contributed by atoms with Gasteiger partial charge in [-0.15, -0.1) is 0 Å². The molecule has 0 heterocycles. The van der Waals surface area contributed by atoms with Gasteiger partial charge in [-0.25, -0.2) is 10.9 Å². The van der Waals surface area contributed by atoms with Gasteiger partial charge >= 0.3 is 0 Å². The average molecular weight is 191 g/mol. The van der Waals surface area contributed by atoms with Gasteiger partial charge in [0.05, 0.1) is 6.61 Å². The Balaban J connectivity index is 3.45. The monoisotopic (exact) mass is 191 g/mol. The highest BCUT2D eigenvalue weighted by Crippen LogP contribution is 2.02. The van der Waals surface area contributed by atoms with E-state index >= 15 is 0 Å². The normalized spacial score (nSPS) is 13.6. The van der Waals surface area contributed by atoms with E-state index in [1.54, 1.807) is 5.01 Å². The zero-order valence-electron chi connectivity index (χ0n) is 8.53. The molecule has 13 heavy (non-hydrogen) atoms. The summed E-state index contributed by atoms with van der Waals surface area (Å²) in [4.78, 5) is 4.56. The maximum absolute atomic E-state index is 5.59. The number of hydrazine groups is 1. The molecule has 80 valence electrons. The third-order valence-corrected chi connectivity index (χ3v) is 1.89. The molecule has 0 bridgehead atoms. The van der Waals surface area contributed by atoms with Crippen molar-refractivity contribution in [2.24, 2.45) is 11.7 Å². The minimum atomic E-state index is 0.172. The molecule has 0 saturated carbocycles. The van der Waals surface area contributed by atoms with E-state index in [0.29, 0.717) is 6.61 Å². The van der Waals surface area contributed by atoms with Crippen molar-refractivity contribution in [2.45, 2.75) is 25.8 Å². The van der Waals surface area contributed by atoms with Crippen LogP contribution in [0, 0.1) is 0 Å². The van der Waals surface area contributed by atoms with Crippen molar-refractivity contribution in [3.63, 3.8) is 0 Å². The molecule has 0 aromatic heterocycles. The second-order valence-corrected chi connectivity index (χ2v) is 2.99. The van der Waals surface area contributed by atoms with Gasteiger partial charge in [0, 0.05) is 26.3 Å². The standard InChI is InChI=1S/C8H21N3O2/c1-3-12-6-4-5-8(7-13-10)11(2)9/h8H,3-7,9-10H2,1-2H3. The van der Waals surface area contributed by atoms with E-state index in [2.05, 4.69) is 4.84 Å². The van der Waals surface area contributed by atoms with Crippen molar-refractivity contribution in [3.05, 3.63) is 0 Å². The van der Waals surface area contributed by atoms with Gasteiger partial charge in [0.15, 0.2) is 0 Å². The third-order valence-electron chi connectivity index (χ3n) is 1.89. The molecule has 1 atom stereocenters. The summed E-state index contributed by atoms with van der Waals surface area (Å²) in [6.45, 7) is 3.97. The smallest absolute Gasteiger partial charge is 0.0848 e. The van der Waals surface area contributed by atoms with Crippen LogP contribution in [0.4, 0.5) is 0 Å². The molecule has 4 N–H and O–H groups in total. The first-order valence-corrected chi connectivity index (χ1v) is 4.59. The summed E-state index contributed by atoms with van der Waals surface area (Å²) in [7, 11) is 1.81. The number of rotatable bonds is 8. The van der Waals surface area contributed by atoms with Crippen molar-refractivity contribution in [2.75, 3.05) is 26.9 Å². The summed E-state index contributed by atoms with van der Waals surface area (Å²) >= 11 is 0. The molecule has 0 aromatic rings. The first-order valence-electron chi connectivity index (χ1n) is 4.59. The van der Waals surface area contributed by atoms with Crippen LogP contribution in [0.25, 0.3) is 0 Å². The molecular formula is C8H21N3O2. The van der Waals surface area contributed by atoms with Gasteiger partial charge in [0.1, 0.15) is 0 Å². The molecule has 1 unspecified atom stereocenters. The van der Waals surface area contributed by atoms with E-state index < -0.39 is 0 Å². The number of likely N-dealkylation sites (N-methyl/N-ethyl adjacent to an activating group) is 1. The minimum absolute atomic E-state index is 0.172. The van der Waals surface area contributed by atoms with Crippen LogP contribution in [0.15, 0.2) is 0 Å². The van der Waals surface area contributed by atoms with Gasteiger partial charge in [-0.2, -0.15) is 0 Å². The highest BCUT2D eigenvalue weighted by Gasteiger charge is 2.10. The Bertz CT molecular complexity index is 112. The lowest BCUT2D eigenvalue weighted by Crippen LogP contribution is -2.41. The van der Waals surface area contributed by atoms with Gasteiger partial charge in [0.2, 0.25) is 0 Å². The van der Waals surface area contributed by atoms with Gasteiger partial charge in [0.25, 0.3) is 0 Å². The highest BCUT2D eigenvalue weighted by atomic mass is 16.6. The second-order valence-electron chi connectivity index (χ2n) is 2.99. The lowest BCUT2D eigenvalue weighted by Gasteiger charge is -2.22. The lowest BCUT2D eigenvalue weighted by atomic mass is 10.2. The van der Waals surface area contributed by atoms with Gasteiger partial charge in [-0.3, -0.25) is 5.84 Å². The third kappa shape index (κ3) is 6.92. The van der Waals surface area contributed by atoms with Crippen LogP contribution in [-0.4, -0.2) is 37.9 Å². The van der Waals surface area contributed by atoms with Crippen LogP contribution in [0.5, 0.6) is 0 Å². The number of nitrogens with zero attached hydrogens (tertiary/aromatic N) is 1. The Morgan fingerprint density at radius 2 is 2.15 bits per heavy atom. The van der Waals surface area contributed by atoms with Crippen LogP contribution in [0.2, 0.25) is 0 Å². The Kier molecular flexibility index (Phi) is 8.27. The molecule has 5 heteroatoms. The first kappa shape index (κ1) is 12.8. The molecule has 0 aliphatic carbocycles. The zero-order chi connectivity index (χ0) is 10.1. The van der Waals surface area contributed by atoms with E-state index in [1.165, 1.54) is 0 Å². The second kappa shape index (κ2) is 8.40. The molecule has 0 aliphatic rings. The number of hydrogen-bond acceptors (Lipinski definition) is 5. The SMILES string of the molecule is CCOCCCC(CON)N(C)N. The Morgan fingerprint density at radius 3 is 2.62 bits per heavy atom. The molecular weight excluding hydrogens is 170 g/mol. The highest BCUT2D eigenvalue weighted by molar-refractivity contribution is 4.63. The van der Waals surface area contributed by atoms with Gasteiger partial charge < -0.3 is 9.57 Å². The Labute approximate surface area is 79.9 Å². The molecule has 0 spiro atoms. The molecule has 0 rings (SSSR count). The lowest BCUT2D eigenvalue weighted by molar-refractivity contribution is 0.0594. The molecule has 0 saturated heterocycles. The van der Waals surface area contributed by atoms with Crippen molar-refractivity contribution >= 4 is 0 Å². The minimum Gasteiger partial charge on any atom is -0.382 e. The average Bonchev–Trinajstić information content (AvgIpc) is 2.10. The van der Waals surface area contributed by atoms with Gasteiger partial charge in [-0.05, 0) is 19.8 Å². The number of nitrogens with two attached hydrogens (primary N) is 2. The predicted octanol–water partition coefficient (Wildman–Crippen LogP) is -0.132. The molecule has 0 aromatic carbocycles. The summed E-state index contributed by atoms with van der Waals surface area (Å²) in [5.74, 6) is 10.6. The van der Waals surface area contributed by atoms with E-state index in [9.17, 15) is 0 Å². The largest absolute Gasteiger partial charge is 0.382 e. The maximum atomic E-state index is 5.59. The quantitative estimate of drug-likeness (QED) is 0.317. The molecule has 0 fully saturated rings. The molecule has 0 aliphatic heterocycles. The molecule has 0 radical (unpaired) electrons. The number of ether oxygens (including phenoxy) is 1. The topological polar surface area (TPSA) is 73.7 Å². The van der Waals surface area contributed by atoms with Crippen molar-refractivity contribution in [1.29, 1.82) is 0 Å². The molecule has 5 nitrogen and oxygen atoms in total. The predicted molar refractivity (Wildman–Crippen MR) is 51.6 cm³/mol. The fourth-order valence-corrected chi connectivity index (χ4v) is 1.08. The van der Waals surface area contributed by atoms with E-state index in [1.807, 2.05) is 14.0 Å². The van der Waals surface area contributed by atoms with E-state index in [0.717, 1.165) is 26.1 Å². The Morgan fingerprint density at radius 1 is 1.46 bits per heavy atom. The zero-order valence-corrected chi connectivity index (χ0v) is 8.53. The van der Waals surface area contributed by atoms with Crippen molar-refractivity contribution < 1.29 is 9.57 Å². The van der Waals surface area contributed by atoms with Crippen molar-refractivity contribution in [3.8, 4) is 0 Å². The first-order chi connectivity index (χ1) is 6.22. The summed E-state index contributed by atoms with van der Waals surface area (Å²) in [6.07, 6.45) is 1.91. The van der Waals surface area contributed by atoms with E-state index in [-0.39, 0.29) is 6.04 Å². The summed E-state index contributed by atoms with van der Waals surface area (Å²) in [5.41, 5.74) is 0. The van der Waals surface area contributed by atoms with Crippen molar-refractivity contribution in [1.82, 2.24) is 5.01 Å². The maximum Gasteiger partial charge on any atom is 0.0848 e. The summed E-state index contributed by atoms with van der Waals surface area (Å²) < 4.78 is 5.21. The fraction of sp³-hybridized carbons (Fsp3) is 1.00. The van der Waals surface area contributed by atoms with Crippen LogP contribution in [0.3, 0.4) is 0 Å². The van der Waals surface area contributed by atoms with Crippen LogP contribution in [0.1, 0.15) is 19.8 Å². The summed E-state index contributed by atoms with van der Waals surface area (Å²) in [6, 6.07) is 0.172. The fourth-order valence-electron chi connectivity index (χ4n) is 1.08. The van der Waals surface area contributed by atoms with Crippen LogP contribution in [-0.2, 0) is 9.57 Å². The van der Waals surface area contributed by atoms with E-state index in [4.69, 9.17) is 16.5 Å². The van der Waals surface area contributed by atoms with Crippen LogP contribution < -0.4 is 11.7 Å². The summed E-state index contributed by atoms with van der Waals surface area (Å²) in [5, 5.41) is 1.62. The van der Waals surface area contributed by atoms with Crippen LogP contribution >= 0.6 is 0 Å². The molecule has 0 amide bonds. The van der Waals surface area contributed by atoms with Gasteiger partial charge in [-0.1, -0.05) is 0 Å². The number of hydrogen-bond donors (Lipinski definition) is 2. The Hall–Kier alpha value is -0.200.